The Morgan fingerprint density at radius 2 is 1.76 bits per heavy atom. The fourth-order valence-corrected chi connectivity index (χ4v) is 2.48. The average Bonchev–Trinajstić information content (AvgIpc) is 2.10. The van der Waals surface area contributed by atoms with Gasteiger partial charge in [-0.1, -0.05) is 38.5 Å². The van der Waals surface area contributed by atoms with E-state index in [1.807, 2.05) is 19.9 Å². The van der Waals surface area contributed by atoms with Crippen LogP contribution in [0.15, 0.2) is 24.3 Å². The van der Waals surface area contributed by atoms with Crippen LogP contribution >= 0.6 is 0 Å². The topological polar surface area (TPSA) is 29.5 Å². The van der Waals surface area contributed by atoms with E-state index >= 15 is 0 Å². The highest BCUT2D eigenvalue weighted by Gasteiger charge is 2.39. The van der Waals surface area contributed by atoms with Crippen LogP contribution in [0.5, 0.6) is 0 Å². The number of aliphatic hydroxyl groups excluding tert-OH is 1. The second-order valence-electron chi connectivity index (χ2n) is 6.31. The first-order valence-corrected chi connectivity index (χ1v) is 9.05. The van der Waals surface area contributed by atoms with E-state index in [0.717, 1.165) is 5.57 Å². The zero-order valence-corrected chi connectivity index (χ0v) is 13.4. The van der Waals surface area contributed by atoms with Crippen LogP contribution < -0.4 is 0 Å². The summed E-state index contributed by atoms with van der Waals surface area (Å²) in [6.07, 6.45) is 2.60. The van der Waals surface area contributed by atoms with Gasteiger partial charge in [0.1, 0.15) is 6.10 Å². The molecule has 0 unspecified atom stereocenters. The highest BCUT2D eigenvalue weighted by molar-refractivity contribution is 6.74. The molecule has 2 nitrogen and oxygen atoms in total. The van der Waals surface area contributed by atoms with Crippen LogP contribution in [0.1, 0.15) is 34.6 Å². The highest BCUT2D eigenvalue weighted by atomic mass is 28.4. The SMILES string of the molecule is C=C[C@H](O[Si](C)(C)C(C)(C)C)[C@H](O)C=C(C)C. The van der Waals surface area contributed by atoms with Crippen molar-refractivity contribution in [3.8, 4) is 0 Å². The van der Waals surface area contributed by atoms with E-state index in [2.05, 4.69) is 40.4 Å². The van der Waals surface area contributed by atoms with Crippen molar-refractivity contribution in [2.75, 3.05) is 0 Å². The molecule has 0 amide bonds. The molecule has 0 fully saturated rings. The summed E-state index contributed by atoms with van der Waals surface area (Å²) in [6.45, 7) is 18.6. The largest absolute Gasteiger partial charge is 0.408 e. The monoisotopic (exact) mass is 256 g/mol. The lowest BCUT2D eigenvalue weighted by molar-refractivity contribution is 0.0872. The molecular weight excluding hydrogens is 228 g/mol. The van der Waals surface area contributed by atoms with Crippen LogP contribution in [0, 0.1) is 0 Å². The molecule has 0 aromatic heterocycles. The second kappa shape index (κ2) is 5.98. The summed E-state index contributed by atoms with van der Waals surface area (Å²) in [5.41, 5.74) is 1.09. The van der Waals surface area contributed by atoms with Gasteiger partial charge < -0.3 is 9.53 Å². The van der Waals surface area contributed by atoms with Crippen molar-refractivity contribution in [2.24, 2.45) is 0 Å². The molecule has 100 valence electrons. The normalized spacial score (nSPS) is 16.2. The van der Waals surface area contributed by atoms with Crippen LogP contribution in [-0.4, -0.2) is 25.6 Å². The minimum absolute atomic E-state index is 0.138. The van der Waals surface area contributed by atoms with Crippen LogP contribution in [0.2, 0.25) is 18.1 Å². The number of allylic oxidation sites excluding steroid dienone is 1. The summed E-state index contributed by atoms with van der Waals surface area (Å²) < 4.78 is 6.14. The molecule has 2 atom stereocenters. The molecule has 0 aliphatic heterocycles. The molecule has 17 heavy (non-hydrogen) atoms. The molecule has 0 heterocycles. The van der Waals surface area contributed by atoms with E-state index in [1.54, 1.807) is 6.08 Å². The van der Waals surface area contributed by atoms with E-state index < -0.39 is 14.4 Å². The Morgan fingerprint density at radius 1 is 1.29 bits per heavy atom. The van der Waals surface area contributed by atoms with Gasteiger partial charge in [-0.3, -0.25) is 0 Å². The van der Waals surface area contributed by atoms with E-state index in [0.29, 0.717) is 0 Å². The first-order chi connectivity index (χ1) is 7.51. The van der Waals surface area contributed by atoms with E-state index in [1.165, 1.54) is 0 Å². The maximum absolute atomic E-state index is 10.1. The van der Waals surface area contributed by atoms with E-state index in [-0.39, 0.29) is 11.1 Å². The standard InChI is InChI=1S/C14H28O2Si/c1-9-13(12(15)10-11(2)3)16-17(7,8)14(4,5)6/h9-10,12-13,15H,1H2,2-8H3/t12-,13+/m1/s1. The van der Waals surface area contributed by atoms with Gasteiger partial charge in [0.05, 0.1) is 6.10 Å². The Balaban J connectivity index is 4.84. The molecule has 0 aromatic carbocycles. The first kappa shape index (κ1) is 16.6. The molecule has 0 aromatic rings. The maximum atomic E-state index is 10.1. The summed E-state index contributed by atoms with van der Waals surface area (Å²) in [6, 6.07) is 0. The lowest BCUT2D eigenvalue weighted by Crippen LogP contribution is -2.46. The minimum atomic E-state index is -1.86. The van der Waals surface area contributed by atoms with Gasteiger partial charge in [0.15, 0.2) is 8.32 Å². The third-order valence-electron chi connectivity index (χ3n) is 3.31. The Morgan fingerprint density at radius 3 is 2.06 bits per heavy atom. The van der Waals surface area contributed by atoms with Crippen molar-refractivity contribution in [1.82, 2.24) is 0 Å². The van der Waals surface area contributed by atoms with Gasteiger partial charge in [0, 0.05) is 0 Å². The summed E-state index contributed by atoms with van der Waals surface area (Å²) in [4.78, 5) is 0. The fourth-order valence-electron chi connectivity index (χ4n) is 1.21. The van der Waals surface area contributed by atoms with Gasteiger partial charge in [-0.2, -0.15) is 0 Å². The Bertz CT molecular complexity index is 283. The minimum Gasteiger partial charge on any atom is -0.408 e. The van der Waals surface area contributed by atoms with E-state index in [9.17, 15) is 5.11 Å². The summed E-state index contributed by atoms with van der Waals surface area (Å²) in [5.74, 6) is 0. The molecular formula is C14H28O2Si. The molecule has 0 saturated heterocycles. The average molecular weight is 256 g/mol. The molecule has 1 N–H and O–H groups in total. The Kier molecular flexibility index (Phi) is 5.85. The maximum Gasteiger partial charge on any atom is 0.193 e. The van der Waals surface area contributed by atoms with Gasteiger partial charge in [0.25, 0.3) is 0 Å². The number of rotatable bonds is 5. The van der Waals surface area contributed by atoms with Crippen LogP contribution in [0.3, 0.4) is 0 Å². The van der Waals surface area contributed by atoms with Gasteiger partial charge in [-0.05, 0) is 32.0 Å². The van der Waals surface area contributed by atoms with Crippen LogP contribution in [0.4, 0.5) is 0 Å². The fraction of sp³-hybridized carbons (Fsp3) is 0.714. The molecule has 0 radical (unpaired) electrons. The number of aliphatic hydroxyl groups is 1. The van der Waals surface area contributed by atoms with Crippen molar-refractivity contribution in [1.29, 1.82) is 0 Å². The zero-order chi connectivity index (χ0) is 13.9. The number of hydrogen-bond acceptors (Lipinski definition) is 2. The van der Waals surface area contributed by atoms with Crippen molar-refractivity contribution in [2.45, 2.75) is 65.0 Å². The molecule has 3 heteroatoms. The Hall–Kier alpha value is -0.383. The van der Waals surface area contributed by atoms with E-state index in [4.69, 9.17) is 4.43 Å². The third-order valence-corrected chi connectivity index (χ3v) is 7.78. The molecule has 0 saturated carbocycles. The predicted molar refractivity (Wildman–Crippen MR) is 77.7 cm³/mol. The molecule has 0 aliphatic carbocycles. The van der Waals surface area contributed by atoms with Gasteiger partial charge in [-0.25, -0.2) is 0 Å². The van der Waals surface area contributed by atoms with Crippen LogP contribution in [0.25, 0.3) is 0 Å². The highest BCUT2D eigenvalue weighted by Crippen LogP contribution is 2.37. The van der Waals surface area contributed by atoms with Crippen molar-refractivity contribution >= 4 is 8.32 Å². The number of hydrogen-bond donors (Lipinski definition) is 1. The van der Waals surface area contributed by atoms with Gasteiger partial charge in [-0.15, -0.1) is 6.58 Å². The summed E-state index contributed by atoms with van der Waals surface area (Å²) in [7, 11) is -1.86. The zero-order valence-electron chi connectivity index (χ0n) is 12.4. The first-order valence-electron chi connectivity index (χ1n) is 6.14. The summed E-state index contributed by atoms with van der Waals surface area (Å²) in [5, 5.41) is 10.2. The lowest BCUT2D eigenvalue weighted by atomic mass is 10.1. The second-order valence-corrected chi connectivity index (χ2v) is 11.1. The summed E-state index contributed by atoms with van der Waals surface area (Å²) >= 11 is 0. The molecule has 0 spiro atoms. The molecule has 0 aliphatic rings. The molecule has 0 rings (SSSR count). The van der Waals surface area contributed by atoms with Gasteiger partial charge in [0.2, 0.25) is 0 Å². The van der Waals surface area contributed by atoms with Crippen molar-refractivity contribution in [3.05, 3.63) is 24.3 Å². The quantitative estimate of drug-likeness (QED) is 0.597. The molecule has 0 bridgehead atoms. The predicted octanol–water partition coefficient (Wildman–Crippen LogP) is 3.89. The smallest absolute Gasteiger partial charge is 0.193 e. The Labute approximate surface area is 108 Å². The van der Waals surface area contributed by atoms with Crippen molar-refractivity contribution in [3.63, 3.8) is 0 Å². The van der Waals surface area contributed by atoms with Crippen LogP contribution in [-0.2, 0) is 4.43 Å². The van der Waals surface area contributed by atoms with Crippen molar-refractivity contribution < 1.29 is 9.53 Å². The third kappa shape index (κ3) is 5.19. The van der Waals surface area contributed by atoms with Gasteiger partial charge >= 0.3 is 0 Å². The lowest BCUT2D eigenvalue weighted by Gasteiger charge is -2.39.